The van der Waals surface area contributed by atoms with E-state index in [1.807, 2.05) is 4.90 Å². The molecule has 3 aliphatic heterocycles. The van der Waals surface area contributed by atoms with E-state index in [1.54, 1.807) is 11.3 Å². The molecule has 1 aliphatic carbocycles. The van der Waals surface area contributed by atoms with Crippen molar-refractivity contribution in [1.82, 2.24) is 9.48 Å². The molecule has 7 heteroatoms. The van der Waals surface area contributed by atoms with Gasteiger partial charge in [-0.1, -0.05) is 0 Å². The maximum absolute atomic E-state index is 13.3. The largest absolute Gasteiger partial charge is 1.00 e. The quantitative estimate of drug-likeness (QED) is 0.198. The molecule has 1 aromatic carbocycles. The monoisotopic (exact) mass is 613 g/mol. The molecule has 0 atom stereocenters. The Labute approximate surface area is 242 Å². The zero-order valence-electron chi connectivity index (χ0n) is 22.9. The topological polar surface area (TPSA) is 26.6 Å². The fourth-order valence-electron chi connectivity index (χ4n) is 5.86. The predicted octanol–water partition coefficient (Wildman–Crippen LogP) is 2.51. The Bertz CT molecular complexity index is 1560. The summed E-state index contributed by atoms with van der Waals surface area (Å²) in [7, 11) is 6.46. The predicted molar refractivity (Wildman–Crippen MR) is 159 cm³/mol. The van der Waals surface area contributed by atoms with Crippen molar-refractivity contribution in [2.45, 2.75) is 44.9 Å². The van der Waals surface area contributed by atoms with Gasteiger partial charge in [0.15, 0.2) is 0 Å². The summed E-state index contributed by atoms with van der Waals surface area (Å²) in [6.45, 7) is 7.64. The van der Waals surface area contributed by atoms with Gasteiger partial charge in [-0.2, -0.15) is 0 Å². The van der Waals surface area contributed by atoms with Gasteiger partial charge < -0.3 is 12.4 Å². The van der Waals surface area contributed by atoms with Crippen LogP contribution >= 0.6 is 11.3 Å². The minimum atomic E-state index is 0. The molecule has 6 rings (SSSR count). The van der Waals surface area contributed by atoms with Crippen molar-refractivity contribution in [3.63, 3.8) is 0 Å². The average molecular weight is 613 g/mol. The Hall–Kier alpha value is -2.11. The third kappa shape index (κ3) is 4.75. The number of thiophene rings is 1. The van der Waals surface area contributed by atoms with Gasteiger partial charge in [-0.15, -0.1) is 0 Å². The number of carbonyl (C=O) groups is 1. The molecule has 4 heterocycles. The molecule has 0 spiro atoms. The van der Waals surface area contributed by atoms with E-state index in [1.165, 1.54) is 53.1 Å². The zero-order chi connectivity index (χ0) is 25.9. The van der Waals surface area contributed by atoms with Crippen LogP contribution in [0.5, 0.6) is 0 Å². The summed E-state index contributed by atoms with van der Waals surface area (Å²) in [6.07, 6.45) is 4.63. The van der Waals surface area contributed by atoms with Crippen molar-refractivity contribution in [2.75, 3.05) is 45.7 Å². The Morgan fingerprint density at radius 1 is 1.00 bits per heavy atom. The normalized spacial score (nSPS) is 16.9. The van der Waals surface area contributed by atoms with E-state index in [0.29, 0.717) is 0 Å². The number of rotatable bonds is 2. The SMILES string of the molecule is CN1CCC(C)(C)c2cc3c(-c4ccc(C(=O)N5CCCCC5)s4)c4ccc(=[N+](C)C)cc-4[se]c3cc21.[Cl-]. The van der Waals surface area contributed by atoms with Crippen LogP contribution in [0.4, 0.5) is 5.69 Å². The van der Waals surface area contributed by atoms with Crippen molar-refractivity contribution in [1.29, 1.82) is 0 Å². The fourth-order valence-corrected chi connectivity index (χ4v) is 9.29. The van der Waals surface area contributed by atoms with E-state index < -0.39 is 0 Å². The van der Waals surface area contributed by atoms with E-state index in [2.05, 4.69) is 86.9 Å². The number of anilines is 1. The standard InChI is InChI=1S/C31H36N3OSSe.ClH/c1-31(2)13-16-33(5)24-19-28-22(18-23(24)31)29(21-10-9-20(32(3)4)17-27(21)37-28)25-11-12-26(36-25)30(35)34-14-7-6-8-15-34;/h9-12,17-19H,6-8,13-16H2,1-5H3;1H/q+1;/p-1. The first kappa shape index (κ1) is 27.5. The van der Waals surface area contributed by atoms with Gasteiger partial charge in [-0.3, -0.25) is 0 Å². The third-order valence-electron chi connectivity index (χ3n) is 8.26. The number of carbonyl (C=O) groups excluding carboxylic acids is 1. The Kier molecular flexibility index (Phi) is 7.56. The second kappa shape index (κ2) is 10.5. The fraction of sp³-hybridized carbons (Fsp3) is 0.419. The molecule has 1 saturated heterocycles. The third-order valence-corrected chi connectivity index (χ3v) is 11.7. The summed E-state index contributed by atoms with van der Waals surface area (Å²) in [4.78, 5) is 19.9. The van der Waals surface area contributed by atoms with E-state index >= 15 is 0 Å². The number of hydrogen-bond donors (Lipinski definition) is 0. The molecule has 4 aliphatic rings. The summed E-state index contributed by atoms with van der Waals surface area (Å²) < 4.78 is 5.07. The van der Waals surface area contributed by atoms with Crippen LogP contribution in [0.2, 0.25) is 0 Å². The molecule has 0 bridgehead atoms. The molecule has 200 valence electrons. The summed E-state index contributed by atoms with van der Waals surface area (Å²) in [6, 6.07) is 16.2. The van der Waals surface area contributed by atoms with Crippen LogP contribution < -0.4 is 27.2 Å². The Morgan fingerprint density at radius 3 is 2.50 bits per heavy atom. The number of likely N-dealkylation sites (tertiary alicyclic amines) is 1. The summed E-state index contributed by atoms with van der Waals surface area (Å²) in [5, 5.41) is 2.61. The maximum atomic E-state index is 13.3. The number of amides is 1. The number of benzene rings is 2. The van der Waals surface area contributed by atoms with Gasteiger partial charge in [0.2, 0.25) is 0 Å². The van der Waals surface area contributed by atoms with Crippen molar-refractivity contribution >= 4 is 47.1 Å². The van der Waals surface area contributed by atoms with Crippen LogP contribution in [0.25, 0.3) is 30.1 Å². The van der Waals surface area contributed by atoms with Crippen LogP contribution in [-0.2, 0) is 5.41 Å². The molecule has 4 nitrogen and oxygen atoms in total. The van der Waals surface area contributed by atoms with Gasteiger partial charge in [0, 0.05) is 0 Å². The van der Waals surface area contributed by atoms with E-state index in [9.17, 15) is 4.79 Å². The average Bonchev–Trinajstić information content (AvgIpc) is 3.38. The van der Waals surface area contributed by atoms with Crippen LogP contribution in [0.3, 0.4) is 0 Å². The van der Waals surface area contributed by atoms with Crippen molar-refractivity contribution < 1.29 is 17.2 Å². The summed E-state index contributed by atoms with van der Waals surface area (Å²) in [5.74, 6) is 0.202. The van der Waals surface area contributed by atoms with Crippen molar-refractivity contribution in [2.24, 2.45) is 0 Å². The van der Waals surface area contributed by atoms with E-state index in [0.717, 1.165) is 43.8 Å². The Balaban J connectivity index is 0.00000294. The maximum Gasteiger partial charge on any atom is -1.00 e. The van der Waals surface area contributed by atoms with Gasteiger partial charge in [-0.25, -0.2) is 0 Å². The second-order valence-electron chi connectivity index (χ2n) is 11.5. The molecule has 1 fully saturated rings. The molecule has 1 aromatic heterocycles. The van der Waals surface area contributed by atoms with Gasteiger partial charge >= 0.3 is 231 Å². The zero-order valence-corrected chi connectivity index (χ0v) is 26.2. The summed E-state index contributed by atoms with van der Waals surface area (Å²) >= 11 is 1.90. The number of nitrogens with zero attached hydrogens (tertiary/aromatic N) is 3. The van der Waals surface area contributed by atoms with Gasteiger partial charge in [0.1, 0.15) is 0 Å². The first-order chi connectivity index (χ1) is 17.7. The first-order valence-corrected chi connectivity index (χ1v) is 15.9. The van der Waals surface area contributed by atoms with Crippen molar-refractivity contribution in [3.05, 3.63) is 58.3 Å². The number of hydrogen-bond acceptors (Lipinski definition) is 3. The van der Waals surface area contributed by atoms with Crippen LogP contribution in [0.15, 0.2) is 42.5 Å². The number of halogens is 1. The van der Waals surface area contributed by atoms with Crippen LogP contribution in [0.1, 0.15) is 54.8 Å². The minimum absolute atomic E-state index is 0. The van der Waals surface area contributed by atoms with E-state index in [-0.39, 0.29) is 38.2 Å². The molecule has 0 N–H and O–H groups in total. The second-order valence-corrected chi connectivity index (χ2v) is 14.8. The minimum Gasteiger partial charge on any atom is -1.00 e. The smallest absolute Gasteiger partial charge is 1.00 e. The van der Waals surface area contributed by atoms with Gasteiger partial charge in [0.25, 0.3) is 0 Å². The van der Waals surface area contributed by atoms with Crippen LogP contribution in [0, 0.1) is 0 Å². The molecule has 2 aromatic rings. The van der Waals surface area contributed by atoms with Crippen LogP contribution in [-0.4, -0.2) is 66.1 Å². The van der Waals surface area contributed by atoms with Gasteiger partial charge in [0.05, 0.1) is 0 Å². The Morgan fingerprint density at radius 2 is 1.76 bits per heavy atom. The summed E-state index contributed by atoms with van der Waals surface area (Å²) in [5.41, 5.74) is 5.62. The van der Waals surface area contributed by atoms with Gasteiger partial charge in [-0.05, 0) is 0 Å². The molecule has 1 amide bonds. The molecule has 0 saturated carbocycles. The molecule has 0 radical (unpaired) electrons. The first-order valence-electron chi connectivity index (χ1n) is 13.4. The van der Waals surface area contributed by atoms with E-state index in [4.69, 9.17) is 0 Å². The molecule has 0 unspecified atom stereocenters. The van der Waals surface area contributed by atoms with Crippen molar-refractivity contribution in [3.8, 4) is 20.4 Å². The number of fused-ring (bicyclic) bond motifs is 3. The molecule has 38 heavy (non-hydrogen) atoms. The number of piperidine rings is 1. The molecular formula is C31H36ClN3OSSe. The molecular weight excluding hydrogens is 577 g/mol.